The lowest BCUT2D eigenvalue weighted by Crippen LogP contribution is -2.26. The second-order valence-electron chi connectivity index (χ2n) is 4.09. The Morgan fingerprint density at radius 2 is 2.00 bits per heavy atom. The number of carboxylic acid groups (broad SMARTS) is 1. The van der Waals surface area contributed by atoms with Gasteiger partial charge in [-0.15, -0.1) is 11.3 Å². The molecule has 0 saturated carbocycles. The summed E-state index contributed by atoms with van der Waals surface area (Å²) >= 11 is 2.01. The molecule has 2 rings (SSSR count). The summed E-state index contributed by atoms with van der Waals surface area (Å²) in [4.78, 5) is 12.1. The molecule has 0 aliphatic rings. The van der Waals surface area contributed by atoms with Crippen molar-refractivity contribution >= 4 is 43.9 Å². The van der Waals surface area contributed by atoms with Crippen LogP contribution in [0.4, 0.5) is 5.00 Å². The molecule has 0 aliphatic heterocycles. The Balaban J connectivity index is 2.51. The minimum atomic E-state index is -3.75. The summed E-state index contributed by atoms with van der Waals surface area (Å²) in [5.74, 6) is -1.18. The van der Waals surface area contributed by atoms with E-state index in [1.165, 1.54) is 13.1 Å². The highest BCUT2D eigenvalue weighted by atomic mass is 32.2. The third-order valence-corrected chi connectivity index (χ3v) is 7.03. The number of hydrogen-bond donors (Lipinski definition) is 1. The van der Waals surface area contributed by atoms with Gasteiger partial charge in [0.05, 0.1) is 5.69 Å². The number of sulfonamides is 1. The summed E-state index contributed by atoms with van der Waals surface area (Å²) in [6.45, 7) is 3.35. The predicted octanol–water partition coefficient (Wildman–Crippen LogP) is 2.34. The molecule has 9 heteroatoms. The fourth-order valence-corrected chi connectivity index (χ4v) is 5.32. The Bertz CT molecular complexity index is 760. The van der Waals surface area contributed by atoms with Crippen LogP contribution < -0.4 is 4.31 Å². The van der Waals surface area contributed by atoms with Crippen molar-refractivity contribution < 1.29 is 18.3 Å². The Hall–Kier alpha value is -1.45. The Labute approximate surface area is 124 Å². The number of carbonyl (C=O) groups is 1. The van der Waals surface area contributed by atoms with E-state index < -0.39 is 16.0 Å². The Kier molecular flexibility index (Phi) is 3.85. The van der Waals surface area contributed by atoms with Crippen LogP contribution in [-0.4, -0.2) is 30.9 Å². The minimum absolute atomic E-state index is 0.0747. The first-order chi connectivity index (χ1) is 9.25. The van der Waals surface area contributed by atoms with Crippen molar-refractivity contribution in [2.24, 2.45) is 0 Å². The minimum Gasteiger partial charge on any atom is -0.478 e. The van der Waals surface area contributed by atoms with E-state index in [0.717, 1.165) is 32.1 Å². The van der Waals surface area contributed by atoms with E-state index in [1.54, 1.807) is 13.0 Å². The molecular formula is C11H12N2O4S3. The summed E-state index contributed by atoms with van der Waals surface area (Å²) in [5, 5.41) is 9.28. The maximum absolute atomic E-state index is 12.5. The molecule has 1 N–H and O–H groups in total. The van der Waals surface area contributed by atoms with Crippen LogP contribution in [-0.2, 0) is 10.0 Å². The molecule has 0 aliphatic carbocycles. The molecule has 20 heavy (non-hydrogen) atoms. The normalized spacial score (nSPS) is 11.6. The van der Waals surface area contributed by atoms with E-state index in [0.29, 0.717) is 5.69 Å². The maximum Gasteiger partial charge on any atom is 0.340 e. The second kappa shape index (κ2) is 5.15. The third kappa shape index (κ3) is 2.43. The molecule has 0 aromatic carbocycles. The zero-order valence-corrected chi connectivity index (χ0v) is 13.4. The molecule has 2 heterocycles. The fourth-order valence-electron chi connectivity index (χ4n) is 1.61. The molecule has 2 aromatic rings. The average Bonchev–Trinajstić information content (AvgIpc) is 2.94. The molecule has 2 aromatic heterocycles. The fraction of sp³-hybridized carbons (Fsp3) is 0.273. The van der Waals surface area contributed by atoms with Crippen LogP contribution in [0.25, 0.3) is 0 Å². The van der Waals surface area contributed by atoms with Crippen LogP contribution in [0.5, 0.6) is 0 Å². The Morgan fingerprint density at radius 3 is 2.50 bits per heavy atom. The molecular weight excluding hydrogens is 320 g/mol. The number of anilines is 1. The van der Waals surface area contributed by atoms with Crippen LogP contribution in [0.15, 0.2) is 16.3 Å². The number of thiophene rings is 1. The highest BCUT2D eigenvalue weighted by Gasteiger charge is 2.29. The summed E-state index contributed by atoms with van der Waals surface area (Å²) < 4.78 is 30.0. The van der Waals surface area contributed by atoms with E-state index in [9.17, 15) is 18.3 Å². The lowest BCUT2D eigenvalue weighted by atomic mass is 10.2. The van der Waals surface area contributed by atoms with Crippen LogP contribution in [0.2, 0.25) is 0 Å². The third-order valence-electron chi connectivity index (χ3n) is 2.68. The van der Waals surface area contributed by atoms with E-state index in [4.69, 9.17) is 0 Å². The van der Waals surface area contributed by atoms with Gasteiger partial charge in [0.15, 0.2) is 0 Å². The van der Waals surface area contributed by atoms with Crippen molar-refractivity contribution in [3.05, 3.63) is 28.3 Å². The van der Waals surface area contributed by atoms with Gasteiger partial charge >= 0.3 is 5.97 Å². The monoisotopic (exact) mass is 332 g/mol. The smallest absolute Gasteiger partial charge is 0.340 e. The van der Waals surface area contributed by atoms with Crippen LogP contribution in [0.3, 0.4) is 0 Å². The van der Waals surface area contributed by atoms with Gasteiger partial charge in [-0.25, -0.2) is 13.2 Å². The van der Waals surface area contributed by atoms with Gasteiger partial charge in [0.1, 0.15) is 14.8 Å². The van der Waals surface area contributed by atoms with E-state index in [2.05, 4.69) is 4.37 Å². The average molecular weight is 332 g/mol. The van der Waals surface area contributed by atoms with Crippen molar-refractivity contribution in [3.63, 3.8) is 0 Å². The van der Waals surface area contributed by atoms with Gasteiger partial charge in [-0.05, 0) is 37.5 Å². The summed E-state index contributed by atoms with van der Waals surface area (Å²) in [6, 6.07) is 3.22. The van der Waals surface area contributed by atoms with Gasteiger partial charge < -0.3 is 5.11 Å². The van der Waals surface area contributed by atoms with E-state index in [-0.39, 0.29) is 14.8 Å². The van der Waals surface area contributed by atoms with Crippen LogP contribution >= 0.6 is 22.9 Å². The number of rotatable bonds is 4. The van der Waals surface area contributed by atoms with Gasteiger partial charge in [0.25, 0.3) is 10.0 Å². The molecule has 0 saturated heterocycles. The molecule has 0 amide bonds. The van der Waals surface area contributed by atoms with Gasteiger partial charge in [0.2, 0.25) is 0 Å². The van der Waals surface area contributed by atoms with E-state index >= 15 is 0 Å². The van der Waals surface area contributed by atoms with Gasteiger partial charge in [-0.2, -0.15) is 4.37 Å². The predicted molar refractivity (Wildman–Crippen MR) is 78.5 cm³/mol. The van der Waals surface area contributed by atoms with Crippen molar-refractivity contribution in [1.82, 2.24) is 4.37 Å². The lowest BCUT2D eigenvalue weighted by Gasteiger charge is -2.16. The maximum atomic E-state index is 12.5. The highest BCUT2D eigenvalue weighted by molar-refractivity contribution is 7.95. The van der Waals surface area contributed by atoms with Gasteiger partial charge in [-0.3, -0.25) is 4.31 Å². The van der Waals surface area contributed by atoms with Crippen LogP contribution in [0.1, 0.15) is 20.9 Å². The number of aryl methyl sites for hydroxylation is 2. The SMILES string of the molecule is Cc1ccc(S(=O)(=O)N(C)c2snc(C)c2C(=O)O)s1. The van der Waals surface area contributed by atoms with Crippen LogP contribution in [0, 0.1) is 13.8 Å². The molecule has 0 spiro atoms. The standard InChI is InChI=1S/C11H12N2O4S3/c1-6-4-5-8(18-6)20(16,17)13(3)10-9(11(14)15)7(2)12-19-10/h4-5H,1-3H3,(H,14,15). The van der Waals surface area contributed by atoms with E-state index in [1.807, 2.05) is 6.92 Å². The first kappa shape index (κ1) is 14.9. The molecule has 0 radical (unpaired) electrons. The topological polar surface area (TPSA) is 87.6 Å². The van der Waals surface area contributed by atoms with Crippen molar-refractivity contribution in [3.8, 4) is 0 Å². The van der Waals surface area contributed by atoms with Crippen molar-refractivity contribution in [1.29, 1.82) is 0 Å². The summed E-state index contributed by atoms with van der Waals surface area (Å²) in [7, 11) is -2.42. The number of nitrogens with zero attached hydrogens (tertiary/aromatic N) is 2. The molecule has 0 bridgehead atoms. The largest absolute Gasteiger partial charge is 0.478 e. The first-order valence-corrected chi connectivity index (χ1v) is 8.53. The molecule has 108 valence electrons. The molecule has 6 nitrogen and oxygen atoms in total. The molecule has 0 fully saturated rings. The van der Waals surface area contributed by atoms with Crippen molar-refractivity contribution in [2.75, 3.05) is 11.4 Å². The first-order valence-electron chi connectivity index (χ1n) is 5.50. The lowest BCUT2D eigenvalue weighted by molar-refractivity contribution is 0.0697. The Morgan fingerprint density at radius 1 is 1.35 bits per heavy atom. The zero-order chi connectivity index (χ0) is 15.1. The van der Waals surface area contributed by atoms with Gasteiger partial charge in [0, 0.05) is 11.9 Å². The number of aromatic nitrogens is 1. The quantitative estimate of drug-likeness (QED) is 0.928. The summed E-state index contributed by atoms with van der Waals surface area (Å²) in [5.41, 5.74) is 0.233. The number of aromatic carboxylic acids is 1. The highest BCUT2D eigenvalue weighted by Crippen LogP contribution is 2.33. The second-order valence-corrected chi connectivity index (χ2v) is 8.33. The zero-order valence-electron chi connectivity index (χ0n) is 10.9. The van der Waals surface area contributed by atoms with Gasteiger partial charge in [-0.1, -0.05) is 0 Å². The summed E-state index contributed by atoms with van der Waals surface area (Å²) in [6.07, 6.45) is 0. The van der Waals surface area contributed by atoms with Crippen molar-refractivity contribution in [2.45, 2.75) is 18.1 Å². The molecule has 0 unspecified atom stereocenters. The number of hydrogen-bond acceptors (Lipinski definition) is 6. The number of carboxylic acids is 1. The molecule has 0 atom stereocenters.